The van der Waals surface area contributed by atoms with Gasteiger partial charge in [-0.05, 0) is 37.8 Å². The minimum absolute atomic E-state index is 0.0927. The third kappa shape index (κ3) is 3.22. The van der Waals surface area contributed by atoms with Crippen LogP contribution in [0.3, 0.4) is 0 Å². The van der Waals surface area contributed by atoms with Gasteiger partial charge in [-0.15, -0.1) is 0 Å². The quantitative estimate of drug-likeness (QED) is 0.787. The average molecular weight is 344 g/mol. The summed E-state index contributed by atoms with van der Waals surface area (Å²) in [6.07, 6.45) is 9.15. The molecular weight excluding hydrogens is 320 g/mol. The van der Waals surface area contributed by atoms with Crippen LogP contribution in [0.2, 0.25) is 0 Å². The zero-order valence-electron chi connectivity index (χ0n) is 14.4. The lowest BCUT2D eigenvalue weighted by molar-refractivity contribution is -0.152. The fourth-order valence-corrected chi connectivity index (χ4v) is 4.45. The van der Waals surface area contributed by atoms with Gasteiger partial charge < -0.3 is 14.4 Å². The molecule has 6 heteroatoms. The zero-order valence-corrected chi connectivity index (χ0v) is 14.4. The van der Waals surface area contributed by atoms with Crippen LogP contribution in [0.1, 0.15) is 44.9 Å². The van der Waals surface area contributed by atoms with Gasteiger partial charge in [0.15, 0.2) is 0 Å². The molecule has 134 valence electrons. The molecule has 1 aliphatic carbocycles. The molecule has 1 spiro atoms. The molecule has 1 aromatic heterocycles. The van der Waals surface area contributed by atoms with Crippen molar-refractivity contribution in [2.45, 2.75) is 56.7 Å². The number of carbonyl (C=O) groups is 2. The molecule has 25 heavy (non-hydrogen) atoms. The molecule has 0 aromatic carbocycles. The van der Waals surface area contributed by atoms with E-state index in [1.165, 1.54) is 0 Å². The maximum absolute atomic E-state index is 13.0. The standard InChI is InChI=1S/C19H24N2O4/c22-17-13-16(19(25-17)7-1-2-8-19)18(23)21-11-5-15(6-12-21)24-14-3-9-20-10-4-14/h3-4,9-10,15-16H,1-2,5-8,11-13H2/t16-/m0/s1. The fraction of sp³-hybridized carbons (Fsp3) is 0.632. The largest absolute Gasteiger partial charge is 0.490 e. The highest BCUT2D eigenvalue weighted by Gasteiger charge is 2.54. The van der Waals surface area contributed by atoms with Gasteiger partial charge in [0.25, 0.3) is 0 Å². The summed E-state index contributed by atoms with van der Waals surface area (Å²) in [4.78, 5) is 30.7. The Morgan fingerprint density at radius 1 is 1.20 bits per heavy atom. The van der Waals surface area contributed by atoms with Gasteiger partial charge in [-0.2, -0.15) is 0 Å². The van der Waals surface area contributed by atoms with Crippen LogP contribution < -0.4 is 4.74 Å². The van der Waals surface area contributed by atoms with Gasteiger partial charge in [0.05, 0.1) is 12.3 Å². The molecule has 3 fully saturated rings. The van der Waals surface area contributed by atoms with Crippen LogP contribution in [0, 0.1) is 5.92 Å². The Bertz CT molecular complexity index is 634. The Labute approximate surface area is 147 Å². The molecule has 1 amide bonds. The summed E-state index contributed by atoms with van der Waals surface area (Å²) in [6, 6.07) is 3.70. The van der Waals surface area contributed by atoms with Gasteiger partial charge in [0.2, 0.25) is 5.91 Å². The summed E-state index contributed by atoms with van der Waals surface area (Å²) < 4.78 is 11.6. The number of likely N-dealkylation sites (tertiary alicyclic amines) is 1. The number of esters is 1. The van der Waals surface area contributed by atoms with Crippen molar-refractivity contribution in [3.8, 4) is 5.75 Å². The number of nitrogens with zero attached hydrogens (tertiary/aromatic N) is 2. The van der Waals surface area contributed by atoms with Gasteiger partial charge >= 0.3 is 5.97 Å². The normalized spacial score (nSPS) is 26.0. The Morgan fingerprint density at radius 3 is 2.56 bits per heavy atom. The first-order chi connectivity index (χ1) is 12.2. The van der Waals surface area contributed by atoms with Gasteiger partial charge in [-0.1, -0.05) is 0 Å². The summed E-state index contributed by atoms with van der Waals surface area (Å²) in [5.41, 5.74) is -0.515. The lowest BCUT2D eigenvalue weighted by atomic mass is 9.84. The lowest BCUT2D eigenvalue weighted by Crippen LogP contribution is -2.48. The maximum Gasteiger partial charge on any atom is 0.307 e. The minimum atomic E-state index is -0.515. The van der Waals surface area contributed by atoms with E-state index in [1.54, 1.807) is 12.4 Å². The second-order valence-corrected chi connectivity index (χ2v) is 7.33. The summed E-state index contributed by atoms with van der Waals surface area (Å²) in [5, 5.41) is 0. The monoisotopic (exact) mass is 344 g/mol. The van der Waals surface area contributed by atoms with Crippen molar-refractivity contribution in [1.29, 1.82) is 0 Å². The number of aromatic nitrogens is 1. The van der Waals surface area contributed by atoms with Gasteiger partial charge in [-0.3, -0.25) is 14.6 Å². The Kier molecular flexibility index (Phi) is 4.36. The number of piperidine rings is 1. The molecule has 2 aliphatic heterocycles. The predicted molar refractivity (Wildman–Crippen MR) is 89.9 cm³/mol. The third-order valence-corrected chi connectivity index (χ3v) is 5.78. The van der Waals surface area contributed by atoms with Crippen molar-refractivity contribution < 1.29 is 19.1 Å². The number of ether oxygens (including phenoxy) is 2. The van der Waals surface area contributed by atoms with E-state index >= 15 is 0 Å². The molecule has 6 nitrogen and oxygen atoms in total. The molecule has 0 unspecified atom stereocenters. The third-order valence-electron chi connectivity index (χ3n) is 5.78. The van der Waals surface area contributed by atoms with Crippen molar-refractivity contribution in [1.82, 2.24) is 9.88 Å². The number of carbonyl (C=O) groups excluding carboxylic acids is 2. The van der Waals surface area contributed by atoms with E-state index in [-0.39, 0.29) is 30.3 Å². The van der Waals surface area contributed by atoms with Crippen LogP contribution in [-0.2, 0) is 14.3 Å². The van der Waals surface area contributed by atoms with E-state index in [4.69, 9.17) is 9.47 Å². The number of hydrogen-bond donors (Lipinski definition) is 0. The van der Waals surface area contributed by atoms with Crippen LogP contribution >= 0.6 is 0 Å². The van der Waals surface area contributed by atoms with E-state index in [9.17, 15) is 9.59 Å². The van der Waals surface area contributed by atoms with Crippen LogP contribution in [0.25, 0.3) is 0 Å². The molecule has 1 saturated carbocycles. The Balaban J connectivity index is 1.36. The van der Waals surface area contributed by atoms with E-state index in [2.05, 4.69) is 4.98 Å². The molecule has 4 rings (SSSR count). The van der Waals surface area contributed by atoms with E-state index in [1.807, 2.05) is 17.0 Å². The number of pyridine rings is 1. The second kappa shape index (κ2) is 6.65. The van der Waals surface area contributed by atoms with Crippen molar-refractivity contribution in [3.05, 3.63) is 24.5 Å². The molecule has 2 saturated heterocycles. The molecule has 0 bridgehead atoms. The summed E-state index contributed by atoms with van der Waals surface area (Å²) in [7, 11) is 0. The van der Waals surface area contributed by atoms with Crippen molar-refractivity contribution in [3.63, 3.8) is 0 Å². The highest BCUT2D eigenvalue weighted by atomic mass is 16.6. The topological polar surface area (TPSA) is 68.7 Å². The number of hydrogen-bond acceptors (Lipinski definition) is 5. The fourth-order valence-electron chi connectivity index (χ4n) is 4.45. The highest BCUT2D eigenvalue weighted by Crippen LogP contribution is 2.46. The molecule has 0 N–H and O–H groups in total. The molecule has 3 aliphatic rings. The summed E-state index contributed by atoms with van der Waals surface area (Å²) in [6.45, 7) is 1.35. The van der Waals surface area contributed by atoms with E-state index in [0.29, 0.717) is 13.1 Å². The number of amides is 1. The van der Waals surface area contributed by atoms with Gasteiger partial charge in [-0.25, -0.2) is 0 Å². The SMILES string of the molecule is O=C1C[C@@H](C(=O)N2CCC(Oc3ccncc3)CC2)C2(CCCC2)O1. The molecule has 1 aromatic rings. The van der Waals surface area contributed by atoms with Crippen LogP contribution in [0.15, 0.2) is 24.5 Å². The Hall–Kier alpha value is -2.11. The van der Waals surface area contributed by atoms with Gasteiger partial charge in [0.1, 0.15) is 17.5 Å². The van der Waals surface area contributed by atoms with E-state index < -0.39 is 5.60 Å². The van der Waals surface area contributed by atoms with Gasteiger partial charge in [0, 0.05) is 38.3 Å². The van der Waals surface area contributed by atoms with Crippen LogP contribution in [0.5, 0.6) is 5.75 Å². The van der Waals surface area contributed by atoms with Crippen molar-refractivity contribution in [2.24, 2.45) is 5.92 Å². The number of rotatable bonds is 3. The molecular formula is C19H24N2O4. The van der Waals surface area contributed by atoms with Crippen molar-refractivity contribution in [2.75, 3.05) is 13.1 Å². The predicted octanol–water partition coefficient (Wildman–Crippen LogP) is 2.33. The van der Waals surface area contributed by atoms with Crippen molar-refractivity contribution >= 4 is 11.9 Å². The maximum atomic E-state index is 13.0. The highest BCUT2D eigenvalue weighted by molar-refractivity contribution is 5.88. The first-order valence-electron chi connectivity index (χ1n) is 9.24. The minimum Gasteiger partial charge on any atom is -0.490 e. The van der Waals surface area contributed by atoms with Crippen LogP contribution in [-0.4, -0.2) is 46.6 Å². The lowest BCUT2D eigenvalue weighted by Gasteiger charge is -2.36. The Morgan fingerprint density at radius 2 is 1.88 bits per heavy atom. The first kappa shape index (κ1) is 16.4. The zero-order chi connectivity index (χ0) is 17.3. The summed E-state index contributed by atoms with van der Waals surface area (Å²) in [5.74, 6) is 0.408. The smallest absolute Gasteiger partial charge is 0.307 e. The van der Waals surface area contributed by atoms with E-state index in [0.717, 1.165) is 44.3 Å². The molecule has 0 radical (unpaired) electrons. The first-order valence-corrected chi connectivity index (χ1v) is 9.24. The second-order valence-electron chi connectivity index (χ2n) is 7.33. The molecule has 1 atom stereocenters. The molecule has 3 heterocycles. The van der Waals surface area contributed by atoms with Crippen LogP contribution in [0.4, 0.5) is 0 Å². The summed E-state index contributed by atoms with van der Waals surface area (Å²) >= 11 is 0. The average Bonchev–Trinajstić information content (AvgIpc) is 3.23.